The minimum absolute atomic E-state index is 0.0711. The van der Waals surface area contributed by atoms with Crippen molar-refractivity contribution >= 4 is 27.2 Å². The Hall–Kier alpha value is -3.34. The highest BCUT2D eigenvalue weighted by Crippen LogP contribution is 2.37. The molecule has 0 aliphatic carbocycles. The Kier molecular flexibility index (Phi) is 3.88. The van der Waals surface area contributed by atoms with Gasteiger partial charge in [0.15, 0.2) is 16.5 Å². The molecule has 0 saturated heterocycles. The van der Waals surface area contributed by atoms with Crippen molar-refractivity contribution in [3.63, 3.8) is 0 Å². The van der Waals surface area contributed by atoms with Crippen LogP contribution in [0.5, 0.6) is 0 Å². The zero-order valence-electron chi connectivity index (χ0n) is 14.9. The molecule has 5 rings (SSSR count). The van der Waals surface area contributed by atoms with Gasteiger partial charge in [-0.25, -0.2) is 0 Å². The smallest absolute Gasteiger partial charge is 0.274 e. The summed E-state index contributed by atoms with van der Waals surface area (Å²) in [6.07, 6.45) is -1.09. The maximum atomic E-state index is 13.3. The van der Waals surface area contributed by atoms with Crippen LogP contribution in [-0.2, 0) is 19.6 Å². The third-order valence-electron chi connectivity index (χ3n) is 4.41. The minimum atomic E-state index is -4.56. The van der Waals surface area contributed by atoms with Crippen molar-refractivity contribution in [1.29, 1.82) is 0 Å². The molecule has 4 aromatic heterocycles. The summed E-state index contributed by atoms with van der Waals surface area (Å²) < 4.78 is 42.5. The van der Waals surface area contributed by atoms with E-state index in [4.69, 9.17) is 0 Å². The van der Waals surface area contributed by atoms with Gasteiger partial charge < -0.3 is 0 Å². The van der Waals surface area contributed by atoms with E-state index in [-0.39, 0.29) is 10.6 Å². The van der Waals surface area contributed by atoms with E-state index >= 15 is 0 Å². The molecule has 4 heterocycles. The molecule has 0 saturated carbocycles. The molecular formula is C18H12F3N7S. The largest absolute Gasteiger partial charge is 0.435 e. The molecule has 146 valence electrons. The Morgan fingerprint density at radius 1 is 1.10 bits per heavy atom. The minimum Gasteiger partial charge on any atom is -0.274 e. The van der Waals surface area contributed by atoms with Gasteiger partial charge in [-0.15, -0.1) is 10.2 Å². The van der Waals surface area contributed by atoms with Gasteiger partial charge in [-0.05, 0) is 23.8 Å². The lowest BCUT2D eigenvalue weighted by Gasteiger charge is -2.03. The van der Waals surface area contributed by atoms with E-state index in [9.17, 15) is 13.2 Å². The summed E-state index contributed by atoms with van der Waals surface area (Å²) >= 11 is 1.04. The van der Waals surface area contributed by atoms with Crippen LogP contribution in [-0.4, -0.2) is 34.6 Å². The fourth-order valence-electron chi connectivity index (χ4n) is 3.15. The highest BCUT2D eigenvalue weighted by atomic mass is 32.1. The Labute approximate surface area is 165 Å². The van der Waals surface area contributed by atoms with E-state index < -0.39 is 11.9 Å². The van der Waals surface area contributed by atoms with Gasteiger partial charge in [-0.1, -0.05) is 23.5 Å². The van der Waals surface area contributed by atoms with Gasteiger partial charge >= 0.3 is 6.18 Å². The van der Waals surface area contributed by atoms with Crippen LogP contribution in [0.3, 0.4) is 0 Å². The number of hydrogen-bond acceptors (Lipinski definition) is 6. The third kappa shape index (κ3) is 3.12. The lowest BCUT2D eigenvalue weighted by Crippen LogP contribution is -2.08. The Morgan fingerprint density at radius 2 is 1.97 bits per heavy atom. The molecule has 0 aliphatic heterocycles. The molecule has 11 heteroatoms. The van der Waals surface area contributed by atoms with Gasteiger partial charge in [-0.2, -0.15) is 27.9 Å². The lowest BCUT2D eigenvalue weighted by molar-refractivity contribution is -0.140. The van der Waals surface area contributed by atoms with Crippen LogP contribution >= 0.6 is 11.3 Å². The first kappa shape index (κ1) is 17.7. The third-order valence-corrected chi connectivity index (χ3v) is 5.34. The Morgan fingerprint density at radius 3 is 2.79 bits per heavy atom. The quantitative estimate of drug-likeness (QED) is 0.449. The topological polar surface area (TPSA) is 73.8 Å². The van der Waals surface area contributed by atoms with Crippen molar-refractivity contribution in [2.24, 2.45) is 7.05 Å². The van der Waals surface area contributed by atoms with Crippen molar-refractivity contribution in [3.8, 4) is 10.6 Å². The summed E-state index contributed by atoms with van der Waals surface area (Å²) in [5.74, 6) is 0.545. The molecule has 29 heavy (non-hydrogen) atoms. The molecule has 7 nitrogen and oxygen atoms in total. The van der Waals surface area contributed by atoms with Crippen LogP contribution in [0.15, 0.2) is 42.7 Å². The van der Waals surface area contributed by atoms with E-state index in [1.54, 1.807) is 6.20 Å². The van der Waals surface area contributed by atoms with Gasteiger partial charge in [0.05, 0.1) is 11.1 Å². The molecule has 1 aromatic carbocycles. The van der Waals surface area contributed by atoms with E-state index in [0.717, 1.165) is 32.5 Å². The molecule has 0 amide bonds. The van der Waals surface area contributed by atoms with Gasteiger partial charge in [0.2, 0.25) is 4.96 Å². The number of aryl methyl sites for hydroxylation is 1. The lowest BCUT2D eigenvalue weighted by atomic mass is 10.1. The van der Waals surface area contributed by atoms with Crippen molar-refractivity contribution in [1.82, 2.24) is 34.6 Å². The number of pyridine rings is 1. The van der Waals surface area contributed by atoms with Crippen molar-refractivity contribution in [2.75, 3.05) is 0 Å². The first-order chi connectivity index (χ1) is 13.9. The number of alkyl halides is 3. The van der Waals surface area contributed by atoms with Crippen LogP contribution in [0.2, 0.25) is 0 Å². The van der Waals surface area contributed by atoms with E-state index in [0.29, 0.717) is 17.2 Å². The molecule has 0 fully saturated rings. The number of fused-ring (bicyclic) bond motifs is 2. The Bertz CT molecular complexity index is 1350. The number of halogens is 3. The molecule has 0 radical (unpaired) electrons. The first-order valence-corrected chi connectivity index (χ1v) is 9.36. The summed E-state index contributed by atoms with van der Waals surface area (Å²) in [6, 6.07) is 9.68. The Balaban J connectivity index is 1.53. The predicted molar refractivity (Wildman–Crippen MR) is 100 cm³/mol. The normalized spacial score (nSPS) is 12.3. The summed E-state index contributed by atoms with van der Waals surface area (Å²) in [4.78, 5) is 4.72. The van der Waals surface area contributed by atoms with E-state index in [2.05, 4.69) is 25.4 Å². The van der Waals surface area contributed by atoms with Gasteiger partial charge in [0.25, 0.3) is 0 Å². The van der Waals surface area contributed by atoms with Crippen LogP contribution in [0.25, 0.3) is 26.4 Å². The first-order valence-electron chi connectivity index (χ1n) is 8.54. The number of nitrogens with zero attached hydrogens (tertiary/aromatic N) is 7. The number of benzene rings is 1. The van der Waals surface area contributed by atoms with Gasteiger partial charge in [0, 0.05) is 31.2 Å². The second kappa shape index (κ2) is 6.34. The zero-order valence-corrected chi connectivity index (χ0v) is 15.7. The summed E-state index contributed by atoms with van der Waals surface area (Å²) in [5.41, 5.74) is 0.827. The molecule has 0 bridgehead atoms. The molecule has 0 aliphatic rings. The molecule has 0 unspecified atom stereocenters. The highest BCUT2D eigenvalue weighted by molar-refractivity contribution is 7.19. The second-order valence-electron chi connectivity index (χ2n) is 6.49. The average molecular weight is 415 g/mol. The van der Waals surface area contributed by atoms with Crippen molar-refractivity contribution in [3.05, 3.63) is 59.8 Å². The van der Waals surface area contributed by atoms with E-state index in [1.807, 2.05) is 30.3 Å². The van der Waals surface area contributed by atoms with Crippen LogP contribution in [0.1, 0.15) is 17.1 Å². The summed E-state index contributed by atoms with van der Waals surface area (Å²) in [7, 11) is 1.44. The summed E-state index contributed by atoms with van der Waals surface area (Å²) in [6.45, 7) is 0. The maximum Gasteiger partial charge on any atom is 0.435 e. The highest BCUT2D eigenvalue weighted by Gasteiger charge is 2.38. The molecule has 0 spiro atoms. The molecule has 0 N–H and O–H groups in total. The standard InChI is InChI=1S/C18H12F3N7S/c1-27-9-12(15(25-27)18(19,20)21)16-26-28-14(23-24-17(28)29-16)8-10-4-5-13-11(7-10)3-2-6-22-13/h2-7,9H,8H2,1H3. The van der Waals surface area contributed by atoms with Crippen molar-refractivity contribution in [2.45, 2.75) is 12.6 Å². The SMILES string of the molecule is Cn1cc(-c2nn3c(Cc4ccc5ncccc5c4)nnc3s2)c(C(F)(F)F)n1. The summed E-state index contributed by atoms with van der Waals surface area (Å²) in [5, 5.41) is 17.3. The molecule has 0 atom stereocenters. The van der Waals surface area contributed by atoms with Gasteiger partial charge in [-0.3, -0.25) is 9.67 Å². The van der Waals surface area contributed by atoms with Crippen LogP contribution in [0.4, 0.5) is 13.2 Å². The maximum absolute atomic E-state index is 13.3. The van der Waals surface area contributed by atoms with Crippen molar-refractivity contribution < 1.29 is 13.2 Å². The second-order valence-corrected chi connectivity index (χ2v) is 7.44. The number of aromatic nitrogens is 7. The molecule has 5 aromatic rings. The molecular weight excluding hydrogens is 403 g/mol. The fraction of sp³-hybridized carbons (Fsp3) is 0.167. The average Bonchev–Trinajstić information content (AvgIpc) is 3.36. The fourth-order valence-corrected chi connectivity index (χ4v) is 4.02. The van der Waals surface area contributed by atoms with Gasteiger partial charge in [0.1, 0.15) is 0 Å². The predicted octanol–water partition coefficient (Wildman–Crippen LogP) is 3.74. The van der Waals surface area contributed by atoms with E-state index in [1.165, 1.54) is 17.8 Å². The number of rotatable bonds is 3. The number of hydrogen-bond donors (Lipinski definition) is 0. The van der Waals surface area contributed by atoms with Crippen LogP contribution < -0.4 is 0 Å². The zero-order chi connectivity index (χ0) is 20.2. The van der Waals surface area contributed by atoms with Crippen LogP contribution in [0, 0.1) is 0 Å². The monoisotopic (exact) mass is 415 g/mol.